The first kappa shape index (κ1) is 10.0. The van der Waals surface area contributed by atoms with Gasteiger partial charge >= 0.3 is 0 Å². The van der Waals surface area contributed by atoms with Gasteiger partial charge in [-0.2, -0.15) is 0 Å². The molecule has 0 saturated carbocycles. The molecular weight excluding hydrogens is 148 g/mol. The molecule has 1 N–H and O–H groups in total. The molecule has 2 heteroatoms. The van der Waals surface area contributed by atoms with E-state index in [1.165, 1.54) is 19.5 Å². The molecule has 0 aliphatic carbocycles. The number of nitrogens with one attached hydrogen (secondary N) is 1. The minimum Gasteiger partial charge on any atom is -0.312 e. The highest BCUT2D eigenvalue weighted by atomic mass is 15.1. The van der Waals surface area contributed by atoms with Crippen molar-refractivity contribution in [3.63, 3.8) is 0 Å². The van der Waals surface area contributed by atoms with Crippen LogP contribution < -0.4 is 5.32 Å². The number of rotatable bonds is 3. The van der Waals surface area contributed by atoms with Crippen molar-refractivity contribution in [3.05, 3.63) is 0 Å². The molecule has 12 heavy (non-hydrogen) atoms. The van der Waals surface area contributed by atoms with Gasteiger partial charge in [-0.3, -0.25) is 0 Å². The zero-order valence-electron chi connectivity index (χ0n) is 8.85. The van der Waals surface area contributed by atoms with Gasteiger partial charge in [-0.25, -0.2) is 0 Å². The maximum Gasteiger partial charge on any atom is 0.0165 e. The summed E-state index contributed by atoms with van der Waals surface area (Å²) in [7, 11) is 2.21. The molecule has 1 atom stereocenters. The minimum atomic E-state index is 0.319. The minimum absolute atomic E-state index is 0.319. The first-order valence-corrected chi connectivity index (χ1v) is 5.00. The summed E-state index contributed by atoms with van der Waals surface area (Å²) < 4.78 is 0. The molecule has 0 aromatic heterocycles. The van der Waals surface area contributed by atoms with Crippen molar-refractivity contribution in [2.75, 3.05) is 26.7 Å². The van der Waals surface area contributed by atoms with Gasteiger partial charge in [0.2, 0.25) is 0 Å². The monoisotopic (exact) mass is 170 g/mol. The van der Waals surface area contributed by atoms with Crippen molar-refractivity contribution >= 4 is 0 Å². The Kier molecular flexibility index (Phi) is 3.13. The van der Waals surface area contributed by atoms with Gasteiger partial charge in [-0.15, -0.1) is 0 Å². The van der Waals surface area contributed by atoms with Crippen molar-refractivity contribution in [1.82, 2.24) is 10.2 Å². The fourth-order valence-corrected chi connectivity index (χ4v) is 2.12. The molecular formula is C10H22N2. The molecule has 1 heterocycles. The molecule has 1 unspecified atom stereocenters. The predicted octanol–water partition coefficient (Wildman–Crippen LogP) is 1.33. The second-order valence-electron chi connectivity index (χ2n) is 4.50. The first-order valence-electron chi connectivity index (χ1n) is 5.00. The Morgan fingerprint density at radius 3 is 2.58 bits per heavy atom. The molecule has 0 amide bonds. The molecule has 1 aliphatic heterocycles. The van der Waals surface area contributed by atoms with Gasteiger partial charge in [0.25, 0.3) is 0 Å². The largest absolute Gasteiger partial charge is 0.312 e. The maximum atomic E-state index is 3.56. The summed E-state index contributed by atoms with van der Waals surface area (Å²) in [5.74, 6) is 0.822. The van der Waals surface area contributed by atoms with E-state index in [-0.39, 0.29) is 0 Å². The van der Waals surface area contributed by atoms with Crippen molar-refractivity contribution in [1.29, 1.82) is 0 Å². The van der Waals surface area contributed by atoms with Gasteiger partial charge in [-0.05, 0) is 46.3 Å². The van der Waals surface area contributed by atoms with Gasteiger partial charge in [0.1, 0.15) is 0 Å². The number of hydrogen-bond acceptors (Lipinski definition) is 2. The number of likely N-dealkylation sites (tertiary alicyclic amines) is 1. The SMILES string of the molecule is CCNC(C)(C)C1CCN(C)C1. The van der Waals surface area contributed by atoms with Crippen LogP contribution in [0.3, 0.4) is 0 Å². The molecule has 1 rings (SSSR count). The highest BCUT2D eigenvalue weighted by Gasteiger charge is 2.32. The highest BCUT2D eigenvalue weighted by Crippen LogP contribution is 2.25. The molecule has 1 fully saturated rings. The average molecular weight is 170 g/mol. The quantitative estimate of drug-likeness (QED) is 0.687. The summed E-state index contributed by atoms with van der Waals surface area (Å²) in [5, 5.41) is 3.56. The Labute approximate surface area is 76.3 Å². The van der Waals surface area contributed by atoms with Crippen LogP contribution in [0.5, 0.6) is 0 Å². The fraction of sp³-hybridized carbons (Fsp3) is 1.00. The van der Waals surface area contributed by atoms with E-state index in [9.17, 15) is 0 Å². The zero-order chi connectivity index (χ0) is 9.19. The summed E-state index contributed by atoms with van der Waals surface area (Å²) in [5.41, 5.74) is 0.319. The van der Waals surface area contributed by atoms with E-state index < -0.39 is 0 Å². The summed E-state index contributed by atoms with van der Waals surface area (Å²) in [4.78, 5) is 2.42. The van der Waals surface area contributed by atoms with Crippen LogP contribution >= 0.6 is 0 Å². The lowest BCUT2D eigenvalue weighted by molar-refractivity contribution is 0.255. The van der Waals surface area contributed by atoms with E-state index in [0.717, 1.165) is 12.5 Å². The molecule has 0 aromatic carbocycles. The van der Waals surface area contributed by atoms with E-state index in [2.05, 4.69) is 38.0 Å². The molecule has 2 nitrogen and oxygen atoms in total. The van der Waals surface area contributed by atoms with Crippen LogP contribution in [0.4, 0.5) is 0 Å². The molecule has 0 bridgehead atoms. The third kappa shape index (κ3) is 2.20. The van der Waals surface area contributed by atoms with Crippen molar-refractivity contribution < 1.29 is 0 Å². The van der Waals surface area contributed by atoms with Gasteiger partial charge in [-0.1, -0.05) is 6.92 Å². The third-order valence-electron chi connectivity index (χ3n) is 3.04. The first-order chi connectivity index (χ1) is 5.56. The summed E-state index contributed by atoms with van der Waals surface area (Å²) >= 11 is 0. The molecule has 1 saturated heterocycles. The third-order valence-corrected chi connectivity index (χ3v) is 3.04. The highest BCUT2D eigenvalue weighted by molar-refractivity contribution is 4.90. The van der Waals surface area contributed by atoms with Gasteiger partial charge in [0.15, 0.2) is 0 Å². The zero-order valence-corrected chi connectivity index (χ0v) is 8.85. The Balaban J connectivity index is 2.45. The van der Waals surface area contributed by atoms with Crippen LogP contribution in [0.25, 0.3) is 0 Å². The van der Waals surface area contributed by atoms with Crippen LogP contribution in [0.15, 0.2) is 0 Å². The topological polar surface area (TPSA) is 15.3 Å². The Hall–Kier alpha value is -0.0800. The lowest BCUT2D eigenvalue weighted by Crippen LogP contribution is -2.46. The van der Waals surface area contributed by atoms with E-state index in [0.29, 0.717) is 5.54 Å². The van der Waals surface area contributed by atoms with Crippen LogP contribution in [-0.4, -0.2) is 37.1 Å². The van der Waals surface area contributed by atoms with E-state index in [1.807, 2.05) is 0 Å². The average Bonchev–Trinajstić information content (AvgIpc) is 2.36. The van der Waals surface area contributed by atoms with Gasteiger partial charge in [0, 0.05) is 12.1 Å². The van der Waals surface area contributed by atoms with Crippen LogP contribution in [0, 0.1) is 5.92 Å². The Morgan fingerprint density at radius 2 is 2.17 bits per heavy atom. The van der Waals surface area contributed by atoms with Crippen molar-refractivity contribution in [2.45, 2.75) is 32.7 Å². The number of hydrogen-bond donors (Lipinski definition) is 1. The van der Waals surface area contributed by atoms with E-state index in [4.69, 9.17) is 0 Å². The summed E-state index contributed by atoms with van der Waals surface area (Å²) in [6.07, 6.45) is 1.34. The summed E-state index contributed by atoms with van der Waals surface area (Å²) in [6, 6.07) is 0. The standard InChI is InChI=1S/C10H22N2/c1-5-11-10(2,3)9-6-7-12(4)8-9/h9,11H,5-8H2,1-4H3. The van der Waals surface area contributed by atoms with Crippen LogP contribution in [-0.2, 0) is 0 Å². The molecule has 1 aliphatic rings. The van der Waals surface area contributed by atoms with Crippen molar-refractivity contribution in [3.8, 4) is 0 Å². The Morgan fingerprint density at radius 1 is 1.50 bits per heavy atom. The molecule has 0 radical (unpaired) electrons. The molecule has 0 aromatic rings. The second-order valence-corrected chi connectivity index (χ2v) is 4.50. The predicted molar refractivity (Wildman–Crippen MR) is 53.4 cm³/mol. The smallest absolute Gasteiger partial charge is 0.0165 e. The maximum absolute atomic E-state index is 3.56. The summed E-state index contributed by atoms with van der Waals surface area (Å²) in [6.45, 7) is 10.4. The second kappa shape index (κ2) is 3.75. The van der Waals surface area contributed by atoms with Crippen LogP contribution in [0.1, 0.15) is 27.2 Å². The van der Waals surface area contributed by atoms with E-state index in [1.54, 1.807) is 0 Å². The molecule has 72 valence electrons. The van der Waals surface area contributed by atoms with Crippen molar-refractivity contribution in [2.24, 2.45) is 5.92 Å². The van der Waals surface area contributed by atoms with Gasteiger partial charge < -0.3 is 10.2 Å². The number of nitrogens with zero attached hydrogens (tertiary/aromatic N) is 1. The normalized spacial score (nSPS) is 26.5. The Bertz CT molecular complexity index is 143. The van der Waals surface area contributed by atoms with Crippen LogP contribution in [0.2, 0.25) is 0 Å². The van der Waals surface area contributed by atoms with E-state index >= 15 is 0 Å². The van der Waals surface area contributed by atoms with Gasteiger partial charge in [0.05, 0.1) is 0 Å². The lowest BCUT2D eigenvalue weighted by Gasteiger charge is -2.32. The fourth-order valence-electron chi connectivity index (χ4n) is 2.12. The lowest BCUT2D eigenvalue weighted by atomic mass is 9.87. The molecule has 0 spiro atoms.